The monoisotopic (exact) mass is 242 g/mol. The maximum atomic E-state index is 11.6. The second kappa shape index (κ2) is 6.39. The second-order valence-electron chi connectivity index (χ2n) is 3.73. The molecule has 1 aromatic rings. The van der Waals surface area contributed by atoms with Crippen molar-refractivity contribution >= 4 is 12.2 Å². The summed E-state index contributed by atoms with van der Waals surface area (Å²) in [5, 5.41) is 5.59. The van der Waals surface area contributed by atoms with E-state index in [4.69, 9.17) is 4.74 Å². The largest absolute Gasteiger partial charge is 0.459 e. The Balaban J connectivity index is 1.79. The molecule has 0 spiro atoms. The van der Waals surface area contributed by atoms with E-state index in [9.17, 15) is 4.79 Å². The van der Waals surface area contributed by atoms with Gasteiger partial charge in [0.15, 0.2) is 0 Å². The van der Waals surface area contributed by atoms with E-state index in [1.165, 1.54) is 5.01 Å². The van der Waals surface area contributed by atoms with E-state index in [1.54, 1.807) is 18.5 Å². The molecule has 1 aromatic carbocycles. The highest BCUT2D eigenvalue weighted by atomic mass is 16.5. The molecule has 4 nitrogen and oxygen atoms in total. The lowest BCUT2D eigenvalue weighted by Gasteiger charge is -2.12. The van der Waals surface area contributed by atoms with Crippen molar-refractivity contribution in [2.75, 3.05) is 6.54 Å². The van der Waals surface area contributed by atoms with Gasteiger partial charge in [-0.2, -0.15) is 5.10 Å². The van der Waals surface area contributed by atoms with Crippen LogP contribution in [0.15, 0.2) is 59.9 Å². The average molecular weight is 242 g/mol. The van der Waals surface area contributed by atoms with Crippen LogP contribution in [0.5, 0.6) is 0 Å². The topological polar surface area (TPSA) is 41.9 Å². The molecule has 0 saturated heterocycles. The molecular formula is C14H14N2O2. The van der Waals surface area contributed by atoms with Crippen LogP contribution in [0.3, 0.4) is 0 Å². The van der Waals surface area contributed by atoms with Gasteiger partial charge in [-0.15, -0.1) is 0 Å². The fourth-order valence-corrected chi connectivity index (χ4v) is 1.43. The summed E-state index contributed by atoms with van der Waals surface area (Å²) < 4.78 is 5.16. The normalized spacial score (nSPS) is 13.4. The minimum Gasteiger partial charge on any atom is -0.459 e. The van der Waals surface area contributed by atoms with E-state index in [-0.39, 0.29) is 12.5 Å². The van der Waals surface area contributed by atoms with Gasteiger partial charge in [0.25, 0.3) is 0 Å². The Morgan fingerprint density at radius 3 is 2.83 bits per heavy atom. The summed E-state index contributed by atoms with van der Waals surface area (Å²) in [4.78, 5) is 11.6. The van der Waals surface area contributed by atoms with E-state index >= 15 is 0 Å². The van der Waals surface area contributed by atoms with Gasteiger partial charge in [-0.25, -0.2) is 0 Å². The number of esters is 1. The second-order valence-corrected chi connectivity index (χ2v) is 3.73. The van der Waals surface area contributed by atoms with Gasteiger partial charge in [0.05, 0.1) is 0 Å². The van der Waals surface area contributed by atoms with Crippen LogP contribution >= 0.6 is 0 Å². The Labute approximate surface area is 106 Å². The predicted molar refractivity (Wildman–Crippen MR) is 69.7 cm³/mol. The number of benzene rings is 1. The van der Waals surface area contributed by atoms with Crippen molar-refractivity contribution in [1.82, 2.24) is 5.01 Å². The Bertz CT molecular complexity index is 462. The molecule has 0 bridgehead atoms. The standard InChI is InChI=1S/C14H14N2O2/c17-14(11-16-10-6-2-5-9-15-16)18-12-13-7-3-1-4-8-13/h1-10H,11-12H2. The first-order chi connectivity index (χ1) is 8.84. The van der Waals surface area contributed by atoms with Gasteiger partial charge >= 0.3 is 5.97 Å². The molecule has 0 aromatic heterocycles. The molecule has 4 heteroatoms. The van der Waals surface area contributed by atoms with Crippen molar-refractivity contribution in [1.29, 1.82) is 0 Å². The Morgan fingerprint density at radius 1 is 1.17 bits per heavy atom. The third-order valence-electron chi connectivity index (χ3n) is 2.32. The highest BCUT2D eigenvalue weighted by molar-refractivity contribution is 5.74. The molecule has 0 amide bonds. The van der Waals surface area contributed by atoms with E-state index in [2.05, 4.69) is 5.10 Å². The Morgan fingerprint density at radius 2 is 2.00 bits per heavy atom. The molecular weight excluding hydrogens is 228 g/mol. The molecule has 0 atom stereocenters. The van der Waals surface area contributed by atoms with Crippen molar-refractivity contribution in [3.05, 3.63) is 60.3 Å². The predicted octanol–water partition coefficient (Wildman–Crippen LogP) is 2.10. The lowest BCUT2D eigenvalue weighted by Crippen LogP contribution is -2.22. The molecule has 2 rings (SSSR count). The number of hydrazone groups is 1. The SMILES string of the molecule is O=C(CN1C=CC=CC=N1)OCc1ccccc1. The summed E-state index contributed by atoms with van der Waals surface area (Å²) in [5.41, 5.74) is 0.974. The van der Waals surface area contributed by atoms with Crippen LogP contribution in [-0.2, 0) is 16.1 Å². The Hall–Kier alpha value is -2.36. The van der Waals surface area contributed by atoms with Crippen LogP contribution in [0.2, 0.25) is 0 Å². The van der Waals surface area contributed by atoms with Crippen LogP contribution in [0.1, 0.15) is 5.56 Å². The fraction of sp³-hybridized carbons (Fsp3) is 0.143. The van der Waals surface area contributed by atoms with Crippen molar-refractivity contribution in [3.63, 3.8) is 0 Å². The van der Waals surface area contributed by atoms with E-state index in [0.717, 1.165) is 5.56 Å². The van der Waals surface area contributed by atoms with Gasteiger partial charge in [0.1, 0.15) is 13.2 Å². The lowest BCUT2D eigenvalue weighted by molar-refractivity contribution is -0.145. The zero-order valence-corrected chi connectivity index (χ0v) is 9.90. The fourth-order valence-electron chi connectivity index (χ4n) is 1.43. The van der Waals surface area contributed by atoms with E-state index in [0.29, 0.717) is 6.61 Å². The Kier molecular flexibility index (Phi) is 4.30. The van der Waals surface area contributed by atoms with E-state index in [1.807, 2.05) is 42.5 Å². The van der Waals surface area contributed by atoms with Crippen LogP contribution in [0, 0.1) is 0 Å². The first-order valence-corrected chi connectivity index (χ1v) is 5.68. The van der Waals surface area contributed by atoms with Crippen LogP contribution in [0.25, 0.3) is 0 Å². The number of rotatable bonds is 4. The van der Waals surface area contributed by atoms with Gasteiger partial charge in [-0.3, -0.25) is 9.80 Å². The molecule has 0 fully saturated rings. The number of carbonyl (C=O) groups excluding carboxylic acids is 1. The number of ether oxygens (including phenoxy) is 1. The number of carbonyl (C=O) groups is 1. The summed E-state index contributed by atoms with van der Waals surface area (Å²) in [6, 6.07) is 9.59. The lowest BCUT2D eigenvalue weighted by atomic mass is 10.2. The highest BCUT2D eigenvalue weighted by Crippen LogP contribution is 2.02. The highest BCUT2D eigenvalue weighted by Gasteiger charge is 2.07. The maximum Gasteiger partial charge on any atom is 0.328 e. The number of allylic oxidation sites excluding steroid dienone is 3. The number of nitrogens with zero attached hydrogens (tertiary/aromatic N) is 2. The third-order valence-corrected chi connectivity index (χ3v) is 2.32. The average Bonchev–Trinajstić information content (AvgIpc) is 2.66. The van der Waals surface area contributed by atoms with Crippen LogP contribution < -0.4 is 0 Å². The molecule has 0 aliphatic carbocycles. The van der Waals surface area contributed by atoms with Gasteiger partial charge in [0.2, 0.25) is 0 Å². The van der Waals surface area contributed by atoms with Crippen molar-refractivity contribution in [3.8, 4) is 0 Å². The number of hydrogen-bond donors (Lipinski definition) is 0. The summed E-state index contributed by atoms with van der Waals surface area (Å²) >= 11 is 0. The summed E-state index contributed by atoms with van der Waals surface area (Å²) in [6.07, 6.45) is 8.82. The van der Waals surface area contributed by atoms with Gasteiger partial charge in [-0.05, 0) is 17.7 Å². The quantitative estimate of drug-likeness (QED) is 0.759. The summed E-state index contributed by atoms with van der Waals surface area (Å²) in [5.74, 6) is -0.303. The van der Waals surface area contributed by atoms with Gasteiger partial charge in [-0.1, -0.05) is 36.4 Å². The molecule has 1 aliphatic rings. The zero-order valence-electron chi connectivity index (χ0n) is 9.90. The van der Waals surface area contributed by atoms with Crippen molar-refractivity contribution in [2.24, 2.45) is 5.10 Å². The van der Waals surface area contributed by atoms with Crippen LogP contribution in [-0.4, -0.2) is 23.7 Å². The van der Waals surface area contributed by atoms with Crippen molar-refractivity contribution in [2.45, 2.75) is 6.61 Å². The molecule has 18 heavy (non-hydrogen) atoms. The summed E-state index contributed by atoms with van der Waals surface area (Å²) in [6.45, 7) is 0.403. The minimum absolute atomic E-state index is 0.113. The smallest absolute Gasteiger partial charge is 0.328 e. The van der Waals surface area contributed by atoms with Gasteiger partial charge in [0, 0.05) is 12.4 Å². The first-order valence-electron chi connectivity index (χ1n) is 5.68. The van der Waals surface area contributed by atoms with E-state index < -0.39 is 0 Å². The minimum atomic E-state index is -0.303. The first kappa shape index (κ1) is 12.1. The van der Waals surface area contributed by atoms with Gasteiger partial charge < -0.3 is 4.74 Å². The molecule has 0 saturated carbocycles. The molecule has 1 aliphatic heterocycles. The molecule has 0 radical (unpaired) electrons. The molecule has 92 valence electrons. The molecule has 0 unspecified atom stereocenters. The maximum absolute atomic E-state index is 11.6. The zero-order chi connectivity index (χ0) is 12.6. The third kappa shape index (κ3) is 3.90. The van der Waals surface area contributed by atoms with Crippen molar-refractivity contribution < 1.29 is 9.53 Å². The number of hydrogen-bond acceptors (Lipinski definition) is 4. The molecule has 1 heterocycles. The molecule has 0 N–H and O–H groups in total. The van der Waals surface area contributed by atoms with Crippen LogP contribution in [0.4, 0.5) is 0 Å². The summed E-state index contributed by atoms with van der Waals surface area (Å²) in [7, 11) is 0.